The standard InChI is InChI=1S/C13H13ClN6O/c1-3-16-11-18-12(20-13(19-11)21-2)17-10-5-4-8(7-15)6-9(10)14/h4-6H,3H2,1-2H3,(H2,16,17,18,19,20). The molecule has 1 aromatic carbocycles. The topological polar surface area (TPSA) is 95.8 Å². The molecule has 1 heterocycles. The van der Waals surface area contributed by atoms with Gasteiger partial charge in [-0.3, -0.25) is 0 Å². The van der Waals surface area contributed by atoms with Gasteiger partial charge in [-0.2, -0.15) is 20.2 Å². The van der Waals surface area contributed by atoms with E-state index in [9.17, 15) is 0 Å². The molecule has 21 heavy (non-hydrogen) atoms. The van der Waals surface area contributed by atoms with Crippen LogP contribution in [0.3, 0.4) is 0 Å². The third kappa shape index (κ3) is 3.70. The number of aromatic nitrogens is 3. The van der Waals surface area contributed by atoms with Gasteiger partial charge < -0.3 is 15.4 Å². The van der Waals surface area contributed by atoms with Crippen LogP contribution in [-0.2, 0) is 0 Å². The third-order valence-corrected chi connectivity index (χ3v) is 2.79. The second kappa shape index (κ2) is 6.72. The molecule has 0 unspecified atom stereocenters. The summed E-state index contributed by atoms with van der Waals surface area (Å²) < 4.78 is 5.03. The highest BCUT2D eigenvalue weighted by Gasteiger charge is 2.09. The zero-order valence-electron chi connectivity index (χ0n) is 11.5. The van der Waals surface area contributed by atoms with E-state index in [0.717, 1.165) is 0 Å². The number of nitrogens with one attached hydrogen (secondary N) is 2. The number of methoxy groups -OCH3 is 1. The van der Waals surface area contributed by atoms with Gasteiger partial charge in [0.2, 0.25) is 11.9 Å². The van der Waals surface area contributed by atoms with Gasteiger partial charge >= 0.3 is 6.01 Å². The van der Waals surface area contributed by atoms with Gasteiger partial charge in [0.1, 0.15) is 0 Å². The van der Waals surface area contributed by atoms with Gasteiger partial charge in [0.15, 0.2) is 0 Å². The molecular formula is C13H13ClN6O. The van der Waals surface area contributed by atoms with E-state index in [1.807, 2.05) is 13.0 Å². The summed E-state index contributed by atoms with van der Waals surface area (Å²) in [7, 11) is 1.48. The minimum Gasteiger partial charge on any atom is -0.467 e. The second-order valence-electron chi connectivity index (χ2n) is 3.93. The van der Waals surface area contributed by atoms with Crippen LogP contribution in [0, 0.1) is 11.3 Å². The monoisotopic (exact) mass is 304 g/mol. The SMILES string of the molecule is CCNc1nc(Nc2ccc(C#N)cc2Cl)nc(OC)n1. The fourth-order valence-electron chi connectivity index (χ4n) is 1.55. The predicted octanol–water partition coefficient (Wildman–Crippen LogP) is 2.58. The lowest BCUT2D eigenvalue weighted by molar-refractivity contribution is 0.379. The molecule has 0 saturated carbocycles. The van der Waals surface area contributed by atoms with Crippen molar-refractivity contribution in [3.63, 3.8) is 0 Å². The minimum absolute atomic E-state index is 0.188. The van der Waals surface area contributed by atoms with Gasteiger partial charge in [-0.1, -0.05) is 11.6 Å². The van der Waals surface area contributed by atoms with Crippen molar-refractivity contribution < 1.29 is 4.74 Å². The molecular weight excluding hydrogens is 292 g/mol. The molecule has 0 radical (unpaired) electrons. The number of benzene rings is 1. The van der Waals surface area contributed by atoms with Gasteiger partial charge in [0.25, 0.3) is 0 Å². The first kappa shape index (κ1) is 14.8. The number of hydrogen-bond acceptors (Lipinski definition) is 7. The fourth-order valence-corrected chi connectivity index (χ4v) is 1.78. The molecule has 7 nitrogen and oxygen atoms in total. The van der Waals surface area contributed by atoms with Crippen molar-refractivity contribution in [3.05, 3.63) is 28.8 Å². The summed E-state index contributed by atoms with van der Waals surface area (Å²) in [6.07, 6.45) is 0. The summed E-state index contributed by atoms with van der Waals surface area (Å²) in [5.41, 5.74) is 1.07. The molecule has 0 amide bonds. The number of ether oxygens (including phenoxy) is 1. The van der Waals surface area contributed by atoms with Gasteiger partial charge in [0, 0.05) is 6.54 Å². The second-order valence-corrected chi connectivity index (χ2v) is 4.34. The van der Waals surface area contributed by atoms with E-state index < -0.39 is 0 Å². The zero-order chi connectivity index (χ0) is 15.2. The van der Waals surface area contributed by atoms with Gasteiger partial charge in [0.05, 0.1) is 29.5 Å². The molecule has 0 spiro atoms. The molecule has 8 heteroatoms. The maximum Gasteiger partial charge on any atom is 0.322 e. The van der Waals surface area contributed by atoms with Gasteiger partial charge in [-0.25, -0.2) is 0 Å². The molecule has 108 valence electrons. The van der Waals surface area contributed by atoms with Crippen molar-refractivity contribution in [3.8, 4) is 12.1 Å². The molecule has 0 saturated heterocycles. The Labute approximate surface area is 127 Å². The fraction of sp³-hybridized carbons (Fsp3) is 0.231. The molecule has 2 aromatic rings. The van der Waals surface area contributed by atoms with E-state index in [4.69, 9.17) is 21.6 Å². The first-order chi connectivity index (χ1) is 10.2. The van der Waals surface area contributed by atoms with E-state index in [0.29, 0.717) is 34.7 Å². The average molecular weight is 305 g/mol. The average Bonchev–Trinajstić information content (AvgIpc) is 2.49. The van der Waals surface area contributed by atoms with E-state index in [1.165, 1.54) is 7.11 Å². The van der Waals surface area contributed by atoms with Crippen molar-refractivity contribution >= 4 is 29.2 Å². The van der Waals surface area contributed by atoms with Crippen LogP contribution in [0.5, 0.6) is 6.01 Å². The first-order valence-corrected chi connectivity index (χ1v) is 6.54. The van der Waals surface area contributed by atoms with E-state index >= 15 is 0 Å². The number of anilines is 3. The van der Waals surface area contributed by atoms with Crippen LogP contribution in [0.2, 0.25) is 5.02 Å². The largest absolute Gasteiger partial charge is 0.467 e. The first-order valence-electron chi connectivity index (χ1n) is 6.17. The van der Waals surface area contributed by atoms with Crippen LogP contribution in [0.1, 0.15) is 12.5 Å². The molecule has 2 rings (SSSR count). The van der Waals surface area contributed by atoms with Crippen molar-refractivity contribution in [1.29, 1.82) is 5.26 Å². The predicted molar refractivity (Wildman–Crippen MR) is 80.0 cm³/mol. The van der Waals surface area contributed by atoms with Crippen LogP contribution in [0.15, 0.2) is 18.2 Å². The Morgan fingerprint density at radius 3 is 2.67 bits per heavy atom. The molecule has 0 aliphatic heterocycles. The van der Waals surface area contributed by atoms with Crippen LogP contribution >= 0.6 is 11.6 Å². The highest BCUT2D eigenvalue weighted by molar-refractivity contribution is 6.33. The van der Waals surface area contributed by atoms with E-state index in [-0.39, 0.29) is 6.01 Å². The van der Waals surface area contributed by atoms with Gasteiger partial charge in [-0.05, 0) is 25.1 Å². The Bertz CT molecular complexity index is 685. The smallest absolute Gasteiger partial charge is 0.322 e. The Morgan fingerprint density at radius 2 is 2.05 bits per heavy atom. The molecule has 0 aliphatic rings. The van der Waals surface area contributed by atoms with Crippen molar-refractivity contribution in [2.75, 3.05) is 24.3 Å². The Balaban J connectivity index is 2.30. The Morgan fingerprint density at radius 1 is 1.29 bits per heavy atom. The van der Waals surface area contributed by atoms with Crippen LogP contribution < -0.4 is 15.4 Å². The van der Waals surface area contributed by atoms with Crippen molar-refractivity contribution in [1.82, 2.24) is 15.0 Å². The quantitative estimate of drug-likeness (QED) is 0.876. The van der Waals surface area contributed by atoms with Crippen LogP contribution in [-0.4, -0.2) is 28.6 Å². The summed E-state index contributed by atoms with van der Waals surface area (Å²) in [5, 5.41) is 15.2. The number of nitriles is 1. The lowest BCUT2D eigenvalue weighted by Crippen LogP contribution is -2.08. The van der Waals surface area contributed by atoms with E-state index in [2.05, 4.69) is 25.6 Å². The third-order valence-electron chi connectivity index (χ3n) is 2.48. The number of rotatable bonds is 5. The molecule has 1 aromatic heterocycles. The van der Waals surface area contributed by atoms with Crippen LogP contribution in [0.25, 0.3) is 0 Å². The summed E-state index contributed by atoms with van der Waals surface area (Å²) in [6.45, 7) is 2.60. The summed E-state index contributed by atoms with van der Waals surface area (Å²) in [4.78, 5) is 12.4. The maximum atomic E-state index is 8.82. The Hall–Kier alpha value is -2.59. The lowest BCUT2D eigenvalue weighted by Gasteiger charge is -2.09. The summed E-state index contributed by atoms with van der Waals surface area (Å²) >= 11 is 6.10. The normalized spacial score (nSPS) is 9.81. The van der Waals surface area contributed by atoms with Crippen LogP contribution in [0.4, 0.5) is 17.6 Å². The molecule has 0 aliphatic carbocycles. The molecule has 0 fully saturated rings. The molecule has 0 bridgehead atoms. The van der Waals surface area contributed by atoms with Gasteiger partial charge in [-0.15, -0.1) is 0 Å². The van der Waals surface area contributed by atoms with Crippen molar-refractivity contribution in [2.45, 2.75) is 6.92 Å². The van der Waals surface area contributed by atoms with E-state index in [1.54, 1.807) is 18.2 Å². The summed E-state index contributed by atoms with van der Waals surface area (Å²) in [6, 6.07) is 7.11. The number of nitrogens with zero attached hydrogens (tertiary/aromatic N) is 4. The summed E-state index contributed by atoms with van der Waals surface area (Å²) in [5.74, 6) is 0.695. The highest BCUT2D eigenvalue weighted by Crippen LogP contribution is 2.25. The highest BCUT2D eigenvalue weighted by atomic mass is 35.5. The van der Waals surface area contributed by atoms with Crippen molar-refractivity contribution in [2.24, 2.45) is 0 Å². The molecule has 0 atom stereocenters. The molecule has 2 N–H and O–H groups in total. The minimum atomic E-state index is 0.188. The zero-order valence-corrected chi connectivity index (χ0v) is 12.3. The lowest BCUT2D eigenvalue weighted by atomic mass is 10.2. The number of halogens is 1. The number of hydrogen-bond donors (Lipinski definition) is 2. The maximum absolute atomic E-state index is 8.82. The Kier molecular flexibility index (Phi) is 4.74.